The number of benzene rings is 2. The monoisotopic (exact) mass is 534 g/mol. The summed E-state index contributed by atoms with van der Waals surface area (Å²) in [6.07, 6.45) is 0.683. The van der Waals surface area contributed by atoms with Crippen molar-refractivity contribution in [1.29, 1.82) is 0 Å². The van der Waals surface area contributed by atoms with E-state index in [2.05, 4.69) is 4.90 Å². The normalized spacial score (nSPS) is 13.7. The van der Waals surface area contributed by atoms with Crippen LogP contribution in [0.3, 0.4) is 0 Å². The molecule has 0 aliphatic carbocycles. The minimum atomic E-state index is -0.504. The molecular weight excluding hydrogens is 500 g/mol. The Hall–Kier alpha value is -4.02. The molecule has 39 heavy (non-hydrogen) atoms. The Morgan fingerprint density at radius 1 is 0.949 bits per heavy atom. The van der Waals surface area contributed by atoms with Crippen LogP contribution < -0.4 is 0 Å². The molecule has 0 radical (unpaired) electrons. The number of carbonyl (C=O) groups excluding carboxylic acids is 2. The van der Waals surface area contributed by atoms with Crippen molar-refractivity contribution in [3.05, 3.63) is 99.5 Å². The fourth-order valence-corrected chi connectivity index (χ4v) is 4.53. The fraction of sp³-hybridized carbons (Fsp3) is 0.379. The molecule has 206 valence electrons. The van der Waals surface area contributed by atoms with Crippen molar-refractivity contribution in [3.63, 3.8) is 0 Å². The zero-order valence-corrected chi connectivity index (χ0v) is 22.2. The van der Waals surface area contributed by atoms with Gasteiger partial charge in [0.1, 0.15) is 18.1 Å². The van der Waals surface area contributed by atoms with Crippen molar-refractivity contribution in [1.82, 2.24) is 14.7 Å². The highest BCUT2D eigenvalue weighted by atomic mass is 16.6. The number of hydrogen-bond donors (Lipinski definition) is 0. The van der Waals surface area contributed by atoms with Gasteiger partial charge in [0.2, 0.25) is 5.91 Å². The molecule has 4 rings (SSSR count). The number of amides is 2. The molecule has 1 aliphatic heterocycles. The zero-order chi connectivity index (χ0) is 27.6. The molecule has 1 fully saturated rings. The maximum atomic E-state index is 13.7. The molecule has 0 atom stereocenters. The van der Waals surface area contributed by atoms with E-state index in [1.807, 2.05) is 49.4 Å². The van der Waals surface area contributed by atoms with Gasteiger partial charge in [-0.15, -0.1) is 0 Å². The Balaban J connectivity index is 1.51. The van der Waals surface area contributed by atoms with Crippen LogP contribution in [0.5, 0.6) is 0 Å². The second kappa shape index (κ2) is 13.7. The van der Waals surface area contributed by atoms with Crippen LogP contribution in [0.2, 0.25) is 0 Å². The van der Waals surface area contributed by atoms with Crippen molar-refractivity contribution in [2.45, 2.75) is 26.4 Å². The van der Waals surface area contributed by atoms with Gasteiger partial charge in [0.15, 0.2) is 0 Å². The SMILES string of the molecule is Cc1ccc(CN(Cc2ccccc2)C(=O)CN(CCCN2CCOCC2)C(=O)c2ccc([N+](=O)[O-])cc2)o1. The Morgan fingerprint density at radius 2 is 1.67 bits per heavy atom. The number of nitrogens with zero attached hydrogens (tertiary/aromatic N) is 4. The van der Waals surface area contributed by atoms with Gasteiger partial charge in [0.05, 0.1) is 24.7 Å². The van der Waals surface area contributed by atoms with Crippen LogP contribution in [0.15, 0.2) is 71.1 Å². The van der Waals surface area contributed by atoms with E-state index < -0.39 is 4.92 Å². The Kier molecular flexibility index (Phi) is 9.82. The number of morpholine rings is 1. The lowest BCUT2D eigenvalue weighted by molar-refractivity contribution is -0.384. The number of nitro groups is 1. The van der Waals surface area contributed by atoms with Crippen LogP contribution >= 0.6 is 0 Å². The van der Waals surface area contributed by atoms with Gasteiger partial charge < -0.3 is 19.0 Å². The van der Waals surface area contributed by atoms with E-state index in [0.717, 1.165) is 31.0 Å². The molecule has 2 heterocycles. The molecule has 1 saturated heterocycles. The van der Waals surface area contributed by atoms with Crippen LogP contribution in [-0.4, -0.2) is 77.4 Å². The molecule has 3 aromatic rings. The average molecular weight is 535 g/mol. The number of ether oxygens (including phenoxy) is 1. The molecule has 0 unspecified atom stereocenters. The molecule has 1 aliphatic rings. The molecule has 0 bridgehead atoms. The summed E-state index contributed by atoms with van der Waals surface area (Å²) in [5, 5.41) is 11.1. The fourth-order valence-electron chi connectivity index (χ4n) is 4.53. The summed E-state index contributed by atoms with van der Waals surface area (Å²) in [7, 11) is 0. The molecule has 0 spiro atoms. The summed E-state index contributed by atoms with van der Waals surface area (Å²) in [6, 6.07) is 18.9. The Morgan fingerprint density at radius 3 is 2.31 bits per heavy atom. The summed E-state index contributed by atoms with van der Waals surface area (Å²) in [4.78, 5) is 43.3. The summed E-state index contributed by atoms with van der Waals surface area (Å²) < 4.78 is 11.2. The first kappa shape index (κ1) is 28.0. The average Bonchev–Trinajstić information content (AvgIpc) is 3.37. The quantitative estimate of drug-likeness (QED) is 0.256. The predicted molar refractivity (Wildman–Crippen MR) is 145 cm³/mol. The first-order valence-corrected chi connectivity index (χ1v) is 13.1. The highest BCUT2D eigenvalue weighted by molar-refractivity contribution is 5.96. The number of furan rings is 1. The van der Waals surface area contributed by atoms with E-state index in [-0.39, 0.29) is 30.6 Å². The minimum Gasteiger partial charge on any atom is -0.464 e. The smallest absolute Gasteiger partial charge is 0.269 e. The predicted octanol–water partition coefficient (Wildman–Crippen LogP) is 3.89. The largest absolute Gasteiger partial charge is 0.464 e. The van der Waals surface area contributed by atoms with Gasteiger partial charge in [-0.25, -0.2) is 0 Å². The number of carbonyl (C=O) groups is 2. The molecule has 10 heteroatoms. The number of nitro benzene ring substituents is 1. The maximum Gasteiger partial charge on any atom is 0.269 e. The maximum absolute atomic E-state index is 13.7. The summed E-state index contributed by atoms with van der Waals surface area (Å²) in [5.41, 5.74) is 1.18. The Labute approximate surface area is 227 Å². The van der Waals surface area contributed by atoms with E-state index in [4.69, 9.17) is 9.15 Å². The number of non-ortho nitro benzene ring substituents is 1. The van der Waals surface area contributed by atoms with Gasteiger partial charge in [-0.1, -0.05) is 30.3 Å². The molecule has 0 saturated carbocycles. The van der Waals surface area contributed by atoms with Gasteiger partial charge in [-0.2, -0.15) is 0 Å². The first-order chi connectivity index (χ1) is 18.9. The zero-order valence-electron chi connectivity index (χ0n) is 22.2. The van der Waals surface area contributed by atoms with Crippen molar-refractivity contribution in [2.75, 3.05) is 45.9 Å². The summed E-state index contributed by atoms with van der Waals surface area (Å²) >= 11 is 0. The lowest BCUT2D eigenvalue weighted by atomic mass is 10.1. The van der Waals surface area contributed by atoms with Crippen LogP contribution in [0.25, 0.3) is 0 Å². The third-order valence-electron chi connectivity index (χ3n) is 6.66. The van der Waals surface area contributed by atoms with E-state index in [9.17, 15) is 19.7 Å². The molecule has 1 aromatic heterocycles. The minimum absolute atomic E-state index is 0.0933. The number of hydrogen-bond acceptors (Lipinski definition) is 7. The second-order valence-corrected chi connectivity index (χ2v) is 9.59. The van der Waals surface area contributed by atoms with E-state index in [0.29, 0.717) is 44.0 Å². The van der Waals surface area contributed by atoms with Crippen LogP contribution in [0, 0.1) is 17.0 Å². The lowest BCUT2D eigenvalue weighted by Crippen LogP contribution is -2.44. The third-order valence-corrected chi connectivity index (χ3v) is 6.66. The van der Waals surface area contributed by atoms with E-state index >= 15 is 0 Å². The van der Waals surface area contributed by atoms with Gasteiger partial charge >= 0.3 is 0 Å². The first-order valence-electron chi connectivity index (χ1n) is 13.1. The van der Waals surface area contributed by atoms with Crippen LogP contribution in [-0.2, 0) is 22.6 Å². The molecule has 0 N–H and O–H groups in total. The van der Waals surface area contributed by atoms with Crippen molar-refractivity contribution in [3.8, 4) is 0 Å². The Bertz CT molecular complexity index is 1240. The van der Waals surface area contributed by atoms with Gasteiger partial charge in [0, 0.05) is 50.4 Å². The molecule has 10 nitrogen and oxygen atoms in total. The van der Waals surface area contributed by atoms with Gasteiger partial charge in [0.25, 0.3) is 11.6 Å². The van der Waals surface area contributed by atoms with E-state index in [1.54, 1.807) is 4.90 Å². The number of rotatable bonds is 12. The van der Waals surface area contributed by atoms with Crippen molar-refractivity contribution in [2.24, 2.45) is 0 Å². The summed E-state index contributed by atoms with van der Waals surface area (Å²) in [5.74, 6) is 0.871. The highest BCUT2D eigenvalue weighted by Gasteiger charge is 2.24. The molecule has 2 amide bonds. The second-order valence-electron chi connectivity index (χ2n) is 9.59. The number of aryl methyl sites for hydroxylation is 1. The topological polar surface area (TPSA) is 109 Å². The molecule has 2 aromatic carbocycles. The van der Waals surface area contributed by atoms with Crippen molar-refractivity contribution < 1.29 is 23.7 Å². The summed E-state index contributed by atoms with van der Waals surface area (Å²) in [6.45, 7) is 6.57. The highest BCUT2D eigenvalue weighted by Crippen LogP contribution is 2.17. The van der Waals surface area contributed by atoms with Crippen LogP contribution in [0.4, 0.5) is 5.69 Å². The van der Waals surface area contributed by atoms with Gasteiger partial charge in [-0.3, -0.25) is 24.6 Å². The third kappa shape index (κ3) is 8.23. The standard InChI is InChI=1S/C29H34N4O6/c1-23-8-13-27(39-23)21-32(20-24-6-3-2-4-7-24)28(34)22-31(15-5-14-30-16-18-38-19-17-30)29(35)25-9-11-26(12-10-25)33(36)37/h2-4,6-13H,5,14-22H2,1H3. The van der Waals surface area contributed by atoms with E-state index in [1.165, 1.54) is 29.2 Å². The lowest BCUT2D eigenvalue weighted by Gasteiger charge is -2.30. The van der Waals surface area contributed by atoms with Gasteiger partial charge in [-0.05, 0) is 43.2 Å². The van der Waals surface area contributed by atoms with Crippen LogP contribution in [0.1, 0.15) is 33.9 Å². The molecular formula is C29H34N4O6. The van der Waals surface area contributed by atoms with Crippen molar-refractivity contribution >= 4 is 17.5 Å².